The molecule has 0 fully saturated rings. The third-order valence-corrected chi connectivity index (χ3v) is 2.70. The molecule has 0 saturated heterocycles. The summed E-state index contributed by atoms with van der Waals surface area (Å²) < 4.78 is 10.2. The third-order valence-electron chi connectivity index (χ3n) is 2.70. The van der Waals surface area contributed by atoms with Crippen molar-refractivity contribution in [1.29, 1.82) is 0 Å². The van der Waals surface area contributed by atoms with Gasteiger partial charge in [-0.05, 0) is 17.9 Å². The molecule has 0 N–H and O–H groups in total. The summed E-state index contributed by atoms with van der Waals surface area (Å²) in [4.78, 5) is 22.1. The van der Waals surface area contributed by atoms with Crippen molar-refractivity contribution in [2.75, 3.05) is 13.7 Å². The normalized spacial score (nSPS) is 11.0. The zero-order valence-corrected chi connectivity index (χ0v) is 12.1. The number of nitrogens with zero attached hydrogens (tertiary/aromatic N) is 1. The summed E-state index contributed by atoms with van der Waals surface area (Å²) in [7, 11) is 1.40. The Hall–Kier alpha value is -2.11. The van der Waals surface area contributed by atoms with E-state index in [0.29, 0.717) is 6.42 Å². The molecule has 0 atom stereocenters. The predicted octanol–water partition coefficient (Wildman–Crippen LogP) is 3.20. The van der Waals surface area contributed by atoms with Crippen molar-refractivity contribution in [3.8, 4) is 5.75 Å². The monoisotopic (exact) mass is 281 g/mol. The summed E-state index contributed by atoms with van der Waals surface area (Å²) in [6.07, 6.45) is 0.704. The van der Waals surface area contributed by atoms with Crippen molar-refractivity contribution in [3.05, 3.63) is 33.9 Å². The number of hydrogen-bond donors (Lipinski definition) is 0. The number of non-ortho nitro benzene ring substituents is 1. The van der Waals surface area contributed by atoms with E-state index in [-0.39, 0.29) is 29.0 Å². The SMILES string of the molecule is COc1ccc([N+](=O)[O-])cc1C(=O)OCCC(C)(C)C. The van der Waals surface area contributed by atoms with Crippen LogP contribution in [0.2, 0.25) is 0 Å². The molecule has 1 aromatic rings. The molecule has 110 valence electrons. The van der Waals surface area contributed by atoms with E-state index in [1.807, 2.05) is 20.8 Å². The average Bonchev–Trinajstić information content (AvgIpc) is 2.36. The van der Waals surface area contributed by atoms with Crippen molar-refractivity contribution in [2.45, 2.75) is 27.2 Å². The van der Waals surface area contributed by atoms with E-state index < -0.39 is 10.9 Å². The fourth-order valence-corrected chi connectivity index (χ4v) is 1.50. The zero-order chi connectivity index (χ0) is 15.3. The molecular weight excluding hydrogens is 262 g/mol. The quantitative estimate of drug-likeness (QED) is 0.470. The van der Waals surface area contributed by atoms with E-state index in [9.17, 15) is 14.9 Å². The fraction of sp³-hybridized carbons (Fsp3) is 0.500. The molecule has 0 spiro atoms. The molecule has 0 aliphatic rings. The third kappa shape index (κ3) is 4.53. The van der Waals surface area contributed by atoms with Crippen LogP contribution in [-0.4, -0.2) is 24.6 Å². The highest BCUT2D eigenvalue weighted by Gasteiger charge is 2.19. The molecule has 1 aromatic carbocycles. The first kappa shape index (κ1) is 15.9. The highest BCUT2D eigenvalue weighted by atomic mass is 16.6. The molecule has 0 aromatic heterocycles. The van der Waals surface area contributed by atoms with E-state index in [1.54, 1.807) is 0 Å². The van der Waals surface area contributed by atoms with E-state index in [2.05, 4.69) is 0 Å². The highest BCUT2D eigenvalue weighted by Crippen LogP contribution is 2.25. The number of ether oxygens (including phenoxy) is 2. The molecule has 6 heteroatoms. The van der Waals surface area contributed by atoms with Gasteiger partial charge in [-0.2, -0.15) is 0 Å². The minimum atomic E-state index is -0.616. The number of hydrogen-bond acceptors (Lipinski definition) is 5. The Morgan fingerprint density at radius 2 is 2.00 bits per heavy atom. The van der Waals surface area contributed by atoms with Gasteiger partial charge in [0, 0.05) is 12.1 Å². The van der Waals surface area contributed by atoms with Crippen LogP contribution in [0.4, 0.5) is 5.69 Å². The second-order valence-electron chi connectivity index (χ2n) is 5.59. The summed E-state index contributed by atoms with van der Waals surface area (Å²) in [6, 6.07) is 3.83. The Kier molecular flexibility index (Phi) is 5.07. The minimum Gasteiger partial charge on any atom is -0.496 e. The van der Waals surface area contributed by atoms with Crippen LogP contribution in [0.15, 0.2) is 18.2 Å². The molecule has 0 heterocycles. The van der Waals surface area contributed by atoms with Gasteiger partial charge in [-0.3, -0.25) is 10.1 Å². The number of carbonyl (C=O) groups is 1. The van der Waals surface area contributed by atoms with Crippen LogP contribution >= 0.6 is 0 Å². The van der Waals surface area contributed by atoms with Crippen LogP contribution in [0.25, 0.3) is 0 Å². The summed E-state index contributed by atoms with van der Waals surface area (Å²) in [5, 5.41) is 10.7. The molecule has 0 aliphatic carbocycles. The van der Waals surface area contributed by atoms with Crippen LogP contribution in [-0.2, 0) is 4.74 Å². The number of methoxy groups -OCH3 is 1. The lowest BCUT2D eigenvalue weighted by molar-refractivity contribution is -0.384. The molecule has 0 saturated carbocycles. The maximum Gasteiger partial charge on any atom is 0.342 e. The zero-order valence-electron chi connectivity index (χ0n) is 12.1. The second-order valence-corrected chi connectivity index (χ2v) is 5.59. The standard InChI is InChI=1S/C14H19NO5/c1-14(2,3)7-8-20-13(16)11-9-10(15(17)18)5-6-12(11)19-4/h5-6,9H,7-8H2,1-4H3. The van der Waals surface area contributed by atoms with E-state index in [0.717, 1.165) is 6.07 Å². The summed E-state index contributed by atoms with van der Waals surface area (Å²) in [5.74, 6) is -0.355. The van der Waals surface area contributed by atoms with E-state index in [4.69, 9.17) is 9.47 Å². The van der Waals surface area contributed by atoms with Crippen LogP contribution in [0, 0.1) is 15.5 Å². The van der Waals surface area contributed by atoms with Gasteiger partial charge in [0.15, 0.2) is 0 Å². The second kappa shape index (κ2) is 6.36. The lowest BCUT2D eigenvalue weighted by Crippen LogP contribution is -2.14. The van der Waals surface area contributed by atoms with Gasteiger partial charge >= 0.3 is 5.97 Å². The fourth-order valence-electron chi connectivity index (χ4n) is 1.50. The summed E-state index contributed by atoms with van der Waals surface area (Å²) in [6.45, 7) is 6.37. The number of esters is 1. The largest absolute Gasteiger partial charge is 0.496 e. The van der Waals surface area contributed by atoms with Gasteiger partial charge in [-0.15, -0.1) is 0 Å². The highest BCUT2D eigenvalue weighted by molar-refractivity contribution is 5.93. The molecule has 0 radical (unpaired) electrons. The Morgan fingerprint density at radius 1 is 1.35 bits per heavy atom. The molecule has 0 unspecified atom stereocenters. The van der Waals surface area contributed by atoms with Gasteiger partial charge in [0.05, 0.1) is 18.6 Å². The molecule has 20 heavy (non-hydrogen) atoms. The Balaban J connectivity index is 2.85. The van der Waals surface area contributed by atoms with Gasteiger partial charge in [-0.25, -0.2) is 4.79 Å². The summed E-state index contributed by atoms with van der Waals surface area (Å²) >= 11 is 0. The number of rotatable bonds is 5. The maximum absolute atomic E-state index is 12.0. The van der Waals surface area contributed by atoms with Crippen molar-refractivity contribution in [3.63, 3.8) is 0 Å². The smallest absolute Gasteiger partial charge is 0.342 e. The minimum absolute atomic E-state index is 0.0487. The molecule has 1 rings (SSSR count). The lowest BCUT2D eigenvalue weighted by atomic mass is 9.93. The van der Waals surface area contributed by atoms with Gasteiger partial charge in [0.1, 0.15) is 11.3 Å². The van der Waals surface area contributed by atoms with Crippen molar-refractivity contribution in [2.24, 2.45) is 5.41 Å². The van der Waals surface area contributed by atoms with Gasteiger partial charge in [0.25, 0.3) is 5.69 Å². The van der Waals surface area contributed by atoms with Crippen molar-refractivity contribution in [1.82, 2.24) is 0 Å². The lowest BCUT2D eigenvalue weighted by Gasteiger charge is -2.17. The number of nitro benzene ring substituents is 1. The molecular formula is C14H19NO5. The topological polar surface area (TPSA) is 78.7 Å². The molecule has 0 aliphatic heterocycles. The first-order valence-electron chi connectivity index (χ1n) is 6.24. The van der Waals surface area contributed by atoms with Gasteiger partial charge in [0.2, 0.25) is 0 Å². The summed E-state index contributed by atoms with van der Waals surface area (Å²) in [5.41, 5.74) is -0.0586. The van der Waals surface area contributed by atoms with Crippen LogP contribution < -0.4 is 4.74 Å². The number of benzene rings is 1. The Labute approximate surface area is 117 Å². The molecule has 0 amide bonds. The molecule has 6 nitrogen and oxygen atoms in total. The van der Waals surface area contributed by atoms with Gasteiger partial charge < -0.3 is 9.47 Å². The maximum atomic E-state index is 12.0. The molecule has 0 bridgehead atoms. The van der Waals surface area contributed by atoms with Crippen LogP contribution in [0.1, 0.15) is 37.6 Å². The van der Waals surface area contributed by atoms with Crippen molar-refractivity contribution < 1.29 is 19.2 Å². The van der Waals surface area contributed by atoms with Crippen LogP contribution in [0.5, 0.6) is 5.75 Å². The predicted molar refractivity (Wildman–Crippen MR) is 74.0 cm³/mol. The van der Waals surface area contributed by atoms with Crippen LogP contribution in [0.3, 0.4) is 0 Å². The first-order valence-corrected chi connectivity index (χ1v) is 6.24. The Bertz CT molecular complexity index is 505. The number of nitro groups is 1. The van der Waals surface area contributed by atoms with E-state index in [1.165, 1.54) is 19.2 Å². The van der Waals surface area contributed by atoms with Gasteiger partial charge in [-0.1, -0.05) is 20.8 Å². The van der Waals surface area contributed by atoms with Crippen molar-refractivity contribution >= 4 is 11.7 Å². The number of carbonyl (C=O) groups excluding carboxylic acids is 1. The van der Waals surface area contributed by atoms with E-state index >= 15 is 0 Å². The first-order chi connectivity index (χ1) is 9.24. The Morgan fingerprint density at radius 3 is 2.50 bits per heavy atom. The average molecular weight is 281 g/mol.